The van der Waals surface area contributed by atoms with Gasteiger partial charge in [0.15, 0.2) is 11.5 Å². The quantitative estimate of drug-likeness (QED) is 0.646. The largest absolute Gasteiger partial charge is 0.510 e. The molecule has 1 aromatic rings. The monoisotopic (exact) mass is 333 g/mol. The molecule has 1 saturated carbocycles. The molecule has 0 aromatic carbocycles. The summed E-state index contributed by atoms with van der Waals surface area (Å²) in [4.78, 5) is 25.7. The van der Waals surface area contributed by atoms with E-state index < -0.39 is 5.97 Å². The van der Waals surface area contributed by atoms with Crippen molar-refractivity contribution < 1.29 is 19.4 Å². The standard InChI is InChI=1S/C15H19N5O4/c1-9(21)24-14-16-13(19-20-14)18-17-12-10(22)7-15(8-11(12)23)5-3-2-4-6-15/h22H,2-8H2,1H3,(H,16,19,20). The average molecular weight is 333 g/mol. The number of rotatable bonds is 3. The van der Waals surface area contributed by atoms with Crippen molar-refractivity contribution >= 4 is 17.7 Å². The number of aromatic amines is 1. The van der Waals surface area contributed by atoms with Gasteiger partial charge < -0.3 is 9.84 Å². The average Bonchev–Trinajstić information content (AvgIpc) is 2.93. The van der Waals surface area contributed by atoms with Crippen LogP contribution in [-0.2, 0) is 9.59 Å². The van der Waals surface area contributed by atoms with Crippen LogP contribution in [0.25, 0.3) is 0 Å². The van der Waals surface area contributed by atoms with Crippen molar-refractivity contribution in [2.75, 3.05) is 0 Å². The molecule has 0 saturated heterocycles. The van der Waals surface area contributed by atoms with Crippen LogP contribution in [0.15, 0.2) is 21.7 Å². The predicted octanol–water partition coefficient (Wildman–Crippen LogP) is 2.90. The third kappa shape index (κ3) is 3.50. The van der Waals surface area contributed by atoms with Crippen LogP contribution in [0.2, 0.25) is 0 Å². The number of Topliss-reactive ketones (excluding diaryl/α,β-unsaturated/α-hetero) is 1. The summed E-state index contributed by atoms with van der Waals surface area (Å²) in [6.45, 7) is 1.23. The van der Waals surface area contributed by atoms with Crippen molar-refractivity contribution in [1.82, 2.24) is 15.2 Å². The third-order valence-electron chi connectivity index (χ3n) is 4.47. The summed E-state index contributed by atoms with van der Waals surface area (Å²) in [6, 6.07) is -0.106. The lowest BCUT2D eigenvalue weighted by Gasteiger charge is -2.39. The number of hydrogen-bond acceptors (Lipinski definition) is 8. The van der Waals surface area contributed by atoms with Crippen LogP contribution in [0.5, 0.6) is 6.01 Å². The number of ether oxygens (including phenoxy) is 1. The summed E-state index contributed by atoms with van der Waals surface area (Å²) in [5.41, 5.74) is -0.149. The number of hydrogen-bond donors (Lipinski definition) is 2. The SMILES string of the molecule is CC(=O)Oc1nnc(N=NC2=C(O)CC3(CCCCC3)CC2=O)[nH]1. The van der Waals surface area contributed by atoms with Gasteiger partial charge in [-0.3, -0.25) is 14.6 Å². The summed E-state index contributed by atoms with van der Waals surface area (Å²) in [7, 11) is 0. The third-order valence-corrected chi connectivity index (χ3v) is 4.47. The summed E-state index contributed by atoms with van der Waals surface area (Å²) in [6.07, 6.45) is 6.14. The molecule has 0 radical (unpaired) electrons. The molecule has 1 spiro atoms. The Morgan fingerprint density at radius 3 is 2.62 bits per heavy atom. The van der Waals surface area contributed by atoms with Crippen LogP contribution in [-0.4, -0.2) is 32.0 Å². The lowest BCUT2D eigenvalue weighted by Crippen LogP contribution is -2.32. The molecule has 0 amide bonds. The molecule has 1 fully saturated rings. The molecule has 2 aliphatic rings. The first kappa shape index (κ1) is 16.3. The van der Waals surface area contributed by atoms with Gasteiger partial charge in [-0.2, -0.15) is 0 Å². The topological polar surface area (TPSA) is 130 Å². The highest BCUT2D eigenvalue weighted by molar-refractivity contribution is 5.96. The van der Waals surface area contributed by atoms with E-state index in [9.17, 15) is 14.7 Å². The number of carbonyl (C=O) groups excluding carboxylic acids is 2. The fraction of sp³-hybridized carbons (Fsp3) is 0.600. The van der Waals surface area contributed by atoms with Crippen LogP contribution in [0.3, 0.4) is 0 Å². The predicted molar refractivity (Wildman–Crippen MR) is 81.6 cm³/mol. The fourth-order valence-electron chi connectivity index (χ4n) is 3.42. The Kier molecular flexibility index (Phi) is 4.41. The molecular weight excluding hydrogens is 314 g/mol. The molecule has 3 rings (SSSR count). The van der Waals surface area contributed by atoms with Crippen LogP contribution >= 0.6 is 0 Å². The van der Waals surface area contributed by atoms with Crippen molar-refractivity contribution in [3.63, 3.8) is 0 Å². The Morgan fingerprint density at radius 1 is 1.21 bits per heavy atom. The van der Waals surface area contributed by atoms with Gasteiger partial charge in [0.05, 0.1) is 0 Å². The molecule has 0 atom stereocenters. The molecular formula is C15H19N5O4. The summed E-state index contributed by atoms with van der Waals surface area (Å²) >= 11 is 0. The second kappa shape index (κ2) is 6.50. The normalized spacial score (nSPS) is 20.8. The molecule has 2 N–H and O–H groups in total. The van der Waals surface area contributed by atoms with E-state index in [1.165, 1.54) is 13.3 Å². The second-order valence-corrected chi connectivity index (χ2v) is 6.38. The molecule has 128 valence electrons. The van der Waals surface area contributed by atoms with Gasteiger partial charge in [-0.05, 0) is 18.3 Å². The molecule has 2 aliphatic carbocycles. The zero-order chi connectivity index (χ0) is 17.2. The summed E-state index contributed by atoms with van der Waals surface area (Å²) < 4.78 is 4.71. The van der Waals surface area contributed by atoms with E-state index in [2.05, 4.69) is 25.4 Å². The second-order valence-electron chi connectivity index (χ2n) is 6.38. The Balaban J connectivity index is 1.74. The van der Waals surface area contributed by atoms with Gasteiger partial charge in [-0.1, -0.05) is 24.4 Å². The first-order chi connectivity index (χ1) is 11.5. The van der Waals surface area contributed by atoms with Crippen LogP contribution in [0.4, 0.5) is 5.95 Å². The highest BCUT2D eigenvalue weighted by Gasteiger charge is 2.41. The van der Waals surface area contributed by atoms with Crippen LogP contribution in [0, 0.1) is 5.41 Å². The number of carbonyl (C=O) groups is 2. The van der Waals surface area contributed by atoms with Crippen molar-refractivity contribution in [1.29, 1.82) is 0 Å². The number of H-pyrrole nitrogens is 1. The molecule has 9 heteroatoms. The number of nitrogens with one attached hydrogen (secondary N) is 1. The fourth-order valence-corrected chi connectivity index (χ4v) is 3.42. The lowest BCUT2D eigenvalue weighted by atomic mass is 9.66. The van der Waals surface area contributed by atoms with E-state index in [4.69, 9.17) is 4.74 Å². The van der Waals surface area contributed by atoms with Gasteiger partial charge in [0.25, 0.3) is 5.95 Å². The van der Waals surface area contributed by atoms with Crippen molar-refractivity contribution in [2.24, 2.45) is 15.6 Å². The molecule has 1 aromatic heterocycles. The van der Waals surface area contributed by atoms with Gasteiger partial charge in [0, 0.05) is 19.8 Å². The number of nitrogens with zero attached hydrogens (tertiary/aromatic N) is 4. The highest BCUT2D eigenvalue weighted by Crippen LogP contribution is 2.47. The van der Waals surface area contributed by atoms with Crippen molar-refractivity contribution in [3.8, 4) is 6.01 Å². The van der Waals surface area contributed by atoms with E-state index in [-0.39, 0.29) is 34.6 Å². The summed E-state index contributed by atoms with van der Waals surface area (Å²) in [5.74, 6) is -0.784. The van der Waals surface area contributed by atoms with E-state index in [1.807, 2.05) is 0 Å². The first-order valence-electron chi connectivity index (χ1n) is 7.96. The maximum Gasteiger partial charge on any atom is 0.323 e. The number of allylic oxidation sites excluding steroid dienone is 2. The number of ketones is 1. The van der Waals surface area contributed by atoms with Gasteiger partial charge in [-0.25, -0.2) is 0 Å². The van der Waals surface area contributed by atoms with Crippen molar-refractivity contribution in [3.05, 3.63) is 11.5 Å². The Bertz CT molecular complexity index is 715. The number of aliphatic hydroxyl groups excluding tert-OH is 1. The van der Waals surface area contributed by atoms with E-state index >= 15 is 0 Å². The Hall–Kier alpha value is -2.58. The number of azo groups is 1. The smallest absolute Gasteiger partial charge is 0.323 e. The zero-order valence-corrected chi connectivity index (χ0v) is 13.4. The Morgan fingerprint density at radius 2 is 1.96 bits per heavy atom. The van der Waals surface area contributed by atoms with Gasteiger partial charge in [0.2, 0.25) is 0 Å². The molecule has 9 nitrogen and oxygen atoms in total. The van der Waals surface area contributed by atoms with E-state index in [1.54, 1.807) is 0 Å². The maximum atomic E-state index is 12.4. The molecule has 0 unspecified atom stereocenters. The maximum absolute atomic E-state index is 12.4. The van der Waals surface area contributed by atoms with Crippen LogP contribution < -0.4 is 4.74 Å². The number of aromatic nitrogens is 3. The number of aliphatic hydroxyl groups is 1. The molecule has 0 bridgehead atoms. The molecule has 1 heterocycles. The molecule has 0 aliphatic heterocycles. The summed E-state index contributed by atoms with van der Waals surface area (Å²) in [5, 5.41) is 25.0. The first-order valence-corrected chi connectivity index (χ1v) is 7.96. The molecule has 24 heavy (non-hydrogen) atoms. The van der Waals surface area contributed by atoms with E-state index in [0.29, 0.717) is 12.8 Å². The van der Waals surface area contributed by atoms with Crippen LogP contribution in [0.1, 0.15) is 51.9 Å². The minimum Gasteiger partial charge on any atom is -0.510 e. The highest BCUT2D eigenvalue weighted by atomic mass is 16.5. The van der Waals surface area contributed by atoms with Gasteiger partial charge >= 0.3 is 12.0 Å². The lowest BCUT2D eigenvalue weighted by molar-refractivity contribution is -0.132. The Labute approximate surface area is 138 Å². The minimum absolute atomic E-state index is 0.0164. The van der Waals surface area contributed by atoms with Gasteiger partial charge in [-0.15, -0.1) is 15.3 Å². The number of esters is 1. The minimum atomic E-state index is -0.546. The van der Waals surface area contributed by atoms with E-state index in [0.717, 1.165) is 25.7 Å². The zero-order valence-electron chi connectivity index (χ0n) is 13.4. The van der Waals surface area contributed by atoms with Crippen molar-refractivity contribution in [2.45, 2.75) is 51.9 Å². The van der Waals surface area contributed by atoms with Gasteiger partial charge in [0.1, 0.15) is 5.76 Å².